The molecular formula is C14H11N3O3. The summed E-state index contributed by atoms with van der Waals surface area (Å²) in [6.45, 7) is 0.541. The normalized spacial score (nSPS) is 13.1. The van der Waals surface area contributed by atoms with Crippen molar-refractivity contribution < 1.29 is 14.7 Å². The Morgan fingerprint density at radius 1 is 1.15 bits per heavy atom. The second-order valence-corrected chi connectivity index (χ2v) is 4.49. The van der Waals surface area contributed by atoms with Crippen molar-refractivity contribution in [1.82, 2.24) is 10.2 Å². The van der Waals surface area contributed by atoms with Crippen LogP contribution in [0.15, 0.2) is 36.7 Å². The summed E-state index contributed by atoms with van der Waals surface area (Å²) >= 11 is 0. The average Bonchev–Trinajstić information content (AvgIpc) is 2.90. The minimum atomic E-state index is -1.00. The first-order valence-electron chi connectivity index (χ1n) is 6.11. The van der Waals surface area contributed by atoms with Gasteiger partial charge in [-0.3, -0.25) is 4.79 Å². The zero-order valence-electron chi connectivity index (χ0n) is 10.5. The Labute approximate surface area is 114 Å². The molecule has 0 spiro atoms. The van der Waals surface area contributed by atoms with Crippen molar-refractivity contribution in [3.63, 3.8) is 0 Å². The van der Waals surface area contributed by atoms with Crippen molar-refractivity contribution in [2.45, 2.75) is 6.42 Å². The molecule has 3 rings (SSSR count). The summed E-state index contributed by atoms with van der Waals surface area (Å²) in [7, 11) is 0. The third kappa shape index (κ3) is 2.01. The first kappa shape index (κ1) is 12.3. The van der Waals surface area contributed by atoms with Crippen LogP contribution in [0, 0.1) is 0 Å². The molecule has 6 nitrogen and oxygen atoms in total. The number of anilines is 1. The van der Waals surface area contributed by atoms with Crippen LogP contribution >= 0.6 is 0 Å². The smallest absolute Gasteiger partial charge is 0.335 e. The van der Waals surface area contributed by atoms with E-state index in [1.165, 1.54) is 18.5 Å². The van der Waals surface area contributed by atoms with E-state index in [0.717, 1.165) is 12.0 Å². The van der Waals surface area contributed by atoms with Crippen LogP contribution in [0.3, 0.4) is 0 Å². The summed E-state index contributed by atoms with van der Waals surface area (Å²) in [5.41, 5.74) is 2.25. The van der Waals surface area contributed by atoms with E-state index in [9.17, 15) is 9.59 Å². The number of benzene rings is 1. The van der Waals surface area contributed by atoms with Crippen LogP contribution in [0.5, 0.6) is 0 Å². The Kier molecular flexibility index (Phi) is 2.90. The van der Waals surface area contributed by atoms with Gasteiger partial charge in [-0.05, 0) is 30.2 Å². The SMILES string of the molecule is O=C(O)c1ccc2c(c1)N(C(=O)c1ccnnc1)CC2. The first-order valence-corrected chi connectivity index (χ1v) is 6.11. The molecule has 1 aliphatic heterocycles. The minimum absolute atomic E-state index is 0.177. The second kappa shape index (κ2) is 4.73. The van der Waals surface area contributed by atoms with E-state index >= 15 is 0 Å². The minimum Gasteiger partial charge on any atom is -0.478 e. The van der Waals surface area contributed by atoms with Crippen LogP contribution < -0.4 is 4.90 Å². The molecule has 0 bridgehead atoms. The number of hydrogen-bond acceptors (Lipinski definition) is 4. The molecular weight excluding hydrogens is 258 g/mol. The Balaban J connectivity index is 1.98. The molecule has 0 atom stereocenters. The lowest BCUT2D eigenvalue weighted by Gasteiger charge is -2.17. The van der Waals surface area contributed by atoms with E-state index in [0.29, 0.717) is 17.8 Å². The van der Waals surface area contributed by atoms with Gasteiger partial charge in [0.1, 0.15) is 0 Å². The maximum absolute atomic E-state index is 12.4. The molecule has 2 aromatic rings. The fourth-order valence-corrected chi connectivity index (χ4v) is 2.30. The number of aromatic nitrogens is 2. The molecule has 0 fully saturated rings. The summed E-state index contributed by atoms with van der Waals surface area (Å²) in [5, 5.41) is 16.4. The molecule has 1 amide bonds. The topological polar surface area (TPSA) is 83.4 Å². The Morgan fingerprint density at radius 3 is 2.70 bits per heavy atom. The molecule has 0 aliphatic carbocycles. The van der Waals surface area contributed by atoms with Gasteiger partial charge in [-0.2, -0.15) is 10.2 Å². The fraction of sp³-hybridized carbons (Fsp3) is 0.143. The molecule has 2 heterocycles. The number of nitrogens with zero attached hydrogens (tertiary/aromatic N) is 3. The Morgan fingerprint density at radius 2 is 2.00 bits per heavy atom. The van der Waals surface area contributed by atoms with Gasteiger partial charge in [-0.15, -0.1) is 0 Å². The predicted molar refractivity (Wildman–Crippen MR) is 70.8 cm³/mol. The van der Waals surface area contributed by atoms with Gasteiger partial charge in [0.05, 0.1) is 23.5 Å². The van der Waals surface area contributed by atoms with Gasteiger partial charge in [0.15, 0.2) is 0 Å². The average molecular weight is 269 g/mol. The van der Waals surface area contributed by atoms with Gasteiger partial charge in [-0.25, -0.2) is 4.79 Å². The first-order chi connectivity index (χ1) is 9.66. The molecule has 1 aliphatic rings. The highest BCUT2D eigenvalue weighted by Crippen LogP contribution is 2.30. The van der Waals surface area contributed by atoms with Crippen molar-refractivity contribution in [1.29, 1.82) is 0 Å². The monoisotopic (exact) mass is 269 g/mol. The van der Waals surface area contributed by atoms with Gasteiger partial charge in [0, 0.05) is 12.2 Å². The summed E-state index contributed by atoms with van der Waals surface area (Å²) in [6.07, 6.45) is 3.58. The predicted octanol–water partition coefficient (Wildman–Crippen LogP) is 1.38. The Bertz CT molecular complexity index is 685. The van der Waals surface area contributed by atoms with Gasteiger partial charge in [0.2, 0.25) is 0 Å². The molecule has 0 saturated carbocycles. The number of carboxylic acid groups (broad SMARTS) is 1. The molecule has 100 valence electrons. The molecule has 0 radical (unpaired) electrons. The lowest BCUT2D eigenvalue weighted by Crippen LogP contribution is -2.29. The van der Waals surface area contributed by atoms with Crippen LogP contribution in [0.25, 0.3) is 0 Å². The van der Waals surface area contributed by atoms with Gasteiger partial charge < -0.3 is 10.0 Å². The van der Waals surface area contributed by atoms with E-state index in [2.05, 4.69) is 10.2 Å². The van der Waals surface area contributed by atoms with Crippen LogP contribution in [-0.2, 0) is 6.42 Å². The molecule has 1 aromatic carbocycles. The number of rotatable bonds is 2. The standard InChI is InChI=1S/C14H11N3O3/c18-13(11-3-5-15-16-8-11)17-6-4-9-1-2-10(14(19)20)7-12(9)17/h1-3,5,7-8H,4,6H2,(H,19,20). The highest BCUT2D eigenvalue weighted by molar-refractivity contribution is 6.07. The van der Waals surface area contributed by atoms with Crippen LogP contribution in [0.1, 0.15) is 26.3 Å². The van der Waals surface area contributed by atoms with E-state index in [1.54, 1.807) is 23.1 Å². The molecule has 20 heavy (non-hydrogen) atoms. The van der Waals surface area contributed by atoms with Crippen LogP contribution in [-0.4, -0.2) is 33.7 Å². The van der Waals surface area contributed by atoms with E-state index in [1.807, 2.05) is 0 Å². The van der Waals surface area contributed by atoms with E-state index in [4.69, 9.17) is 5.11 Å². The number of carbonyl (C=O) groups is 2. The van der Waals surface area contributed by atoms with E-state index < -0.39 is 5.97 Å². The number of hydrogen-bond donors (Lipinski definition) is 1. The maximum Gasteiger partial charge on any atom is 0.335 e. The van der Waals surface area contributed by atoms with E-state index in [-0.39, 0.29) is 11.5 Å². The zero-order valence-corrected chi connectivity index (χ0v) is 10.5. The fourth-order valence-electron chi connectivity index (χ4n) is 2.30. The highest BCUT2D eigenvalue weighted by Gasteiger charge is 2.26. The highest BCUT2D eigenvalue weighted by atomic mass is 16.4. The quantitative estimate of drug-likeness (QED) is 0.890. The van der Waals surface area contributed by atoms with Crippen molar-refractivity contribution in [2.75, 3.05) is 11.4 Å². The third-order valence-corrected chi connectivity index (χ3v) is 3.30. The summed E-state index contributed by atoms with van der Waals surface area (Å²) in [6, 6.07) is 6.45. The lowest BCUT2D eigenvalue weighted by molar-refractivity contribution is 0.0696. The number of fused-ring (bicyclic) bond motifs is 1. The largest absolute Gasteiger partial charge is 0.478 e. The Hall–Kier alpha value is -2.76. The van der Waals surface area contributed by atoms with Crippen molar-refractivity contribution in [3.8, 4) is 0 Å². The molecule has 1 aromatic heterocycles. The zero-order chi connectivity index (χ0) is 14.1. The van der Waals surface area contributed by atoms with Crippen LogP contribution in [0.4, 0.5) is 5.69 Å². The lowest BCUT2D eigenvalue weighted by atomic mass is 10.1. The summed E-state index contributed by atoms with van der Waals surface area (Å²) in [4.78, 5) is 25.0. The van der Waals surface area contributed by atoms with Crippen molar-refractivity contribution in [3.05, 3.63) is 53.3 Å². The molecule has 0 unspecified atom stereocenters. The van der Waals surface area contributed by atoms with Crippen molar-refractivity contribution >= 4 is 17.6 Å². The number of carbonyl (C=O) groups excluding carboxylic acids is 1. The van der Waals surface area contributed by atoms with Gasteiger partial charge in [0.25, 0.3) is 5.91 Å². The number of amides is 1. The summed E-state index contributed by atoms with van der Waals surface area (Å²) < 4.78 is 0. The molecule has 6 heteroatoms. The molecule has 0 saturated heterocycles. The number of carboxylic acids is 1. The van der Waals surface area contributed by atoms with Crippen LogP contribution in [0.2, 0.25) is 0 Å². The van der Waals surface area contributed by atoms with Gasteiger partial charge >= 0.3 is 5.97 Å². The number of aromatic carboxylic acids is 1. The second-order valence-electron chi connectivity index (χ2n) is 4.49. The maximum atomic E-state index is 12.4. The van der Waals surface area contributed by atoms with Gasteiger partial charge in [-0.1, -0.05) is 6.07 Å². The molecule has 1 N–H and O–H groups in total. The third-order valence-electron chi connectivity index (χ3n) is 3.30. The van der Waals surface area contributed by atoms with Crippen molar-refractivity contribution in [2.24, 2.45) is 0 Å². The summed E-state index contributed by atoms with van der Waals surface area (Å²) in [5.74, 6) is -1.20.